The molecule has 0 aliphatic heterocycles. The van der Waals surface area contributed by atoms with E-state index in [1.165, 1.54) is 0 Å². The van der Waals surface area contributed by atoms with Gasteiger partial charge < -0.3 is 20.2 Å². The van der Waals surface area contributed by atoms with E-state index >= 15 is 0 Å². The molecule has 5 nitrogen and oxygen atoms in total. The maximum Gasteiger partial charge on any atom is 0.152 e. The van der Waals surface area contributed by atoms with Crippen LogP contribution in [0.5, 0.6) is 11.5 Å². The molecular weight excluding hydrogens is 254 g/mol. The maximum atomic E-state index is 5.96. The number of methoxy groups -OCH3 is 2. The van der Waals surface area contributed by atoms with Crippen molar-refractivity contribution in [3.63, 3.8) is 0 Å². The minimum absolute atomic E-state index is 0.312. The zero-order valence-electron chi connectivity index (χ0n) is 10.2. The van der Waals surface area contributed by atoms with Crippen molar-refractivity contribution in [2.24, 2.45) is 5.73 Å². The summed E-state index contributed by atoms with van der Waals surface area (Å²) in [6.07, 6.45) is 0. The third kappa shape index (κ3) is 2.42. The number of H-pyrrole nitrogens is 1. The number of imidazole rings is 1. The Bertz CT molecular complexity index is 532. The van der Waals surface area contributed by atoms with Crippen molar-refractivity contribution in [2.45, 2.75) is 6.54 Å². The molecule has 2 aromatic rings. The van der Waals surface area contributed by atoms with Gasteiger partial charge in [0, 0.05) is 18.2 Å². The molecule has 0 atom stereocenters. The van der Waals surface area contributed by atoms with Crippen LogP contribution < -0.4 is 15.2 Å². The zero-order valence-corrected chi connectivity index (χ0v) is 10.9. The van der Waals surface area contributed by atoms with Crippen LogP contribution in [-0.2, 0) is 6.54 Å². The predicted octanol–water partition coefficient (Wildman–Crippen LogP) is 2.21. The molecule has 0 radical (unpaired) electrons. The van der Waals surface area contributed by atoms with Gasteiger partial charge in [0.25, 0.3) is 0 Å². The van der Waals surface area contributed by atoms with E-state index < -0.39 is 0 Å². The average molecular weight is 268 g/mol. The molecule has 1 heterocycles. The second-order valence-corrected chi connectivity index (χ2v) is 4.02. The van der Waals surface area contributed by atoms with Gasteiger partial charge in [-0.05, 0) is 12.1 Å². The number of nitrogens with zero attached hydrogens (tertiary/aromatic N) is 1. The van der Waals surface area contributed by atoms with Gasteiger partial charge in [-0.15, -0.1) is 0 Å². The summed E-state index contributed by atoms with van der Waals surface area (Å²) in [5.74, 6) is 2.01. The molecule has 0 amide bonds. The summed E-state index contributed by atoms with van der Waals surface area (Å²) in [6, 6.07) is 5.48. The van der Waals surface area contributed by atoms with Crippen LogP contribution in [0.3, 0.4) is 0 Å². The summed E-state index contributed by atoms with van der Waals surface area (Å²) < 4.78 is 10.4. The summed E-state index contributed by atoms with van der Waals surface area (Å²) in [5.41, 5.74) is 7.08. The van der Waals surface area contributed by atoms with Crippen molar-refractivity contribution in [3.8, 4) is 22.9 Å². The first-order valence-electron chi connectivity index (χ1n) is 5.35. The summed E-state index contributed by atoms with van der Waals surface area (Å²) >= 11 is 5.96. The van der Waals surface area contributed by atoms with Crippen molar-refractivity contribution in [1.82, 2.24) is 9.97 Å². The number of hydrogen-bond donors (Lipinski definition) is 2. The molecule has 0 fully saturated rings. The minimum Gasteiger partial charge on any atom is -0.497 e. The van der Waals surface area contributed by atoms with Crippen LogP contribution in [0.2, 0.25) is 5.15 Å². The van der Waals surface area contributed by atoms with Crippen molar-refractivity contribution >= 4 is 11.6 Å². The highest BCUT2D eigenvalue weighted by atomic mass is 35.5. The van der Waals surface area contributed by atoms with E-state index in [0.29, 0.717) is 34.7 Å². The van der Waals surface area contributed by atoms with Crippen LogP contribution in [0.15, 0.2) is 18.2 Å². The molecule has 0 aliphatic carbocycles. The van der Waals surface area contributed by atoms with E-state index in [9.17, 15) is 0 Å². The number of aromatic amines is 1. The molecule has 0 bridgehead atoms. The molecular formula is C12H14ClN3O2. The van der Waals surface area contributed by atoms with Crippen LogP contribution in [-0.4, -0.2) is 24.2 Å². The zero-order chi connectivity index (χ0) is 13.1. The van der Waals surface area contributed by atoms with E-state index in [-0.39, 0.29) is 0 Å². The van der Waals surface area contributed by atoms with Crippen molar-refractivity contribution in [2.75, 3.05) is 14.2 Å². The minimum atomic E-state index is 0.312. The maximum absolute atomic E-state index is 5.96. The Kier molecular flexibility index (Phi) is 3.74. The van der Waals surface area contributed by atoms with E-state index in [1.807, 2.05) is 12.1 Å². The third-order valence-corrected chi connectivity index (χ3v) is 2.87. The van der Waals surface area contributed by atoms with Crippen LogP contribution in [0.25, 0.3) is 11.4 Å². The fourth-order valence-electron chi connectivity index (χ4n) is 1.60. The second kappa shape index (κ2) is 5.29. The lowest BCUT2D eigenvalue weighted by Gasteiger charge is -2.06. The number of nitrogens with two attached hydrogens (primary N) is 1. The quantitative estimate of drug-likeness (QED) is 0.891. The lowest BCUT2D eigenvalue weighted by Crippen LogP contribution is -1.96. The smallest absolute Gasteiger partial charge is 0.152 e. The second-order valence-electron chi connectivity index (χ2n) is 3.66. The number of aromatic nitrogens is 2. The lowest BCUT2D eigenvalue weighted by atomic mass is 10.2. The molecule has 0 saturated heterocycles. The van der Waals surface area contributed by atoms with Gasteiger partial charge in [0.15, 0.2) is 5.15 Å². The van der Waals surface area contributed by atoms with Gasteiger partial charge in [-0.1, -0.05) is 11.6 Å². The molecule has 0 spiro atoms. The molecule has 96 valence electrons. The van der Waals surface area contributed by atoms with Crippen molar-refractivity contribution in [3.05, 3.63) is 29.0 Å². The van der Waals surface area contributed by atoms with Crippen molar-refractivity contribution < 1.29 is 9.47 Å². The largest absolute Gasteiger partial charge is 0.497 e. The van der Waals surface area contributed by atoms with Crippen LogP contribution >= 0.6 is 11.6 Å². The molecule has 18 heavy (non-hydrogen) atoms. The van der Waals surface area contributed by atoms with Gasteiger partial charge in [-0.3, -0.25) is 0 Å². The summed E-state index contributed by atoms with van der Waals surface area (Å²) in [5, 5.41) is 0.384. The monoisotopic (exact) mass is 267 g/mol. The van der Waals surface area contributed by atoms with Crippen LogP contribution in [0.4, 0.5) is 0 Å². The highest BCUT2D eigenvalue weighted by molar-refractivity contribution is 6.30. The van der Waals surface area contributed by atoms with Gasteiger partial charge in [-0.25, -0.2) is 4.98 Å². The first kappa shape index (κ1) is 12.7. The van der Waals surface area contributed by atoms with E-state index in [2.05, 4.69) is 9.97 Å². The molecule has 3 N–H and O–H groups in total. The summed E-state index contributed by atoms with van der Waals surface area (Å²) in [6.45, 7) is 0.312. The number of nitrogens with one attached hydrogen (secondary N) is 1. The highest BCUT2D eigenvalue weighted by Crippen LogP contribution is 2.29. The third-order valence-electron chi connectivity index (χ3n) is 2.56. The number of ether oxygens (including phenoxy) is 2. The van der Waals surface area contributed by atoms with Crippen LogP contribution in [0.1, 0.15) is 5.69 Å². The Balaban J connectivity index is 2.48. The standard InChI is InChI=1S/C12H14ClN3O2/c1-17-8-3-7(4-9(5-8)18-2)12-15-10(6-14)11(13)16-12/h3-5H,6,14H2,1-2H3,(H,15,16). The lowest BCUT2D eigenvalue weighted by molar-refractivity contribution is 0.394. The number of rotatable bonds is 4. The van der Waals surface area contributed by atoms with E-state index in [1.54, 1.807) is 20.3 Å². The average Bonchev–Trinajstić information content (AvgIpc) is 2.79. The van der Waals surface area contributed by atoms with Crippen molar-refractivity contribution in [1.29, 1.82) is 0 Å². The number of hydrogen-bond acceptors (Lipinski definition) is 4. The first-order chi connectivity index (χ1) is 8.67. The Morgan fingerprint density at radius 2 is 1.83 bits per heavy atom. The fourth-order valence-corrected chi connectivity index (χ4v) is 1.81. The fraction of sp³-hybridized carbons (Fsp3) is 0.250. The Morgan fingerprint density at radius 1 is 1.22 bits per heavy atom. The topological polar surface area (TPSA) is 73.2 Å². The highest BCUT2D eigenvalue weighted by Gasteiger charge is 2.11. The van der Waals surface area contributed by atoms with Gasteiger partial charge in [0.1, 0.15) is 17.3 Å². The van der Waals surface area contributed by atoms with Crippen LogP contribution in [0, 0.1) is 0 Å². The van der Waals surface area contributed by atoms with E-state index in [0.717, 1.165) is 5.56 Å². The first-order valence-corrected chi connectivity index (χ1v) is 5.73. The molecule has 6 heteroatoms. The molecule has 2 rings (SSSR count). The number of halogens is 1. The Labute approximate surface area is 110 Å². The Morgan fingerprint density at radius 3 is 2.28 bits per heavy atom. The SMILES string of the molecule is COc1cc(OC)cc(-c2nc(Cl)c(CN)[nH]2)c1. The summed E-state index contributed by atoms with van der Waals surface area (Å²) in [4.78, 5) is 7.29. The molecule has 0 unspecified atom stereocenters. The van der Waals surface area contributed by atoms with Gasteiger partial charge in [0.2, 0.25) is 0 Å². The summed E-state index contributed by atoms with van der Waals surface area (Å²) in [7, 11) is 3.19. The van der Waals surface area contributed by atoms with Gasteiger partial charge in [-0.2, -0.15) is 0 Å². The predicted molar refractivity (Wildman–Crippen MR) is 70.0 cm³/mol. The normalized spacial score (nSPS) is 10.4. The molecule has 0 saturated carbocycles. The van der Waals surface area contributed by atoms with E-state index in [4.69, 9.17) is 26.8 Å². The molecule has 1 aromatic heterocycles. The van der Waals surface area contributed by atoms with Gasteiger partial charge in [0.05, 0.1) is 19.9 Å². The molecule has 0 aliphatic rings. The number of benzene rings is 1. The van der Waals surface area contributed by atoms with Gasteiger partial charge >= 0.3 is 0 Å². The Hall–Kier alpha value is -1.72. The molecule has 1 aromatic carbocycles.